The van der Waals surface area contributed by atoms with Crippen LogP contribution in [-0.4, -0.2) is 6.04 Å². The Labute approximate surface area is 195 Å². The zero-order valence-corrected chi connectivity index (χ0v) is 19.4. The maximum absolute atomic E-state index is 14.5. The van der Waals surface area contributed by atoms with Crippen LogP contribution in [-0.2, 0) is 24.9 Å². The molecule has 0 saturated carbocycles. The van der Waals surface area contributed by atoms with Crippen LogP contribution in [0.3, 0.4) is 0 Å². The average Bonchev–Trinajstić information content (AvgIpc) is 2.72. The molecule has 3 N–H and O–H groups in total. The van der Waals surface area contributed by atoms with E-state index in [4.69, 9.17) is 5.73 Å². The van der Waals surface area contributed by atoms with Gasteiger partial charge < -0.3 is 11.1 Å². The van der Waals surface area contributed by atoms with Gasteiger partial charge >= 0.3 is 6.18 Å². The summed E-state index contributed by atoms with van der Waals surface area (Å²) in [6, 6.07) is 6.48. The number of aryl methyl sites for hydroxylation is 2. The van der Waals surface area contributed by atoms with Gasteiger partial charge in [0.2, 0.25) is 0 Å². The van der Waals surface area contributed by atoms with Gasteiger partial charge in [0.05, 0.1) is 5.56 Å². The van der Waals surface area contributed by atoms with Crippen LogP contribution >= 0.6 is 0 Å². The van der Waals surface area contributed by atoms with E-state index in [-0.39, 0.29) is 47.0 Å². The Morgan fingerprint density at radius 1 is 1.06 bits per heavy atom. The molecule has 0 fully saturated rings. The van der Waals surface area contributed by atoms with E-state index in [1.54, 1.807) is 6.92 Å². The third-order valence-electron chi connectivity index (χ3n) is 5.34. The second kappa shape index (κ2) is 10.4. The highest BCUT2D eigenvalue weighted by molar-refractivity contribution is 5.80. The number of alkyl halides is 5. The maximum atomic E-state index is 14.5. The molecule has 0 atom stereocenters. The van der Waals surface area contributed by atoms with Gasteiger partial charge in [-0.15, -0.1) is 0 Å². The number of nitrogens with zero attached hydrogens (tertiary/aromatic N) is 1. The SMILES string of the molecule is CC/C(=C(/C#N)NC(C)C)c1cc(F)cc(CCc2cc(C(C)(F)F)ccc2C(F)(F)F)c1N. The molecule has 9 heteroatoms. The zero-order chi connectivity index (χ0) is 25.8. The van der Waals surface area contributed by atoms with Crippen molar-refractivity contribution in [3.8, 4) is 6.07 Å². The number of halogens is 6. The van der Waals surface area contributed by atoms with Crippen molar-refractivity contribution in [3.63, 3.8) is 0 Å². The standard InChI is InChI=1S/C25H27F6N3/c1-5-19(22(13-32)34-14(2)3)20-12-18(26)11-16(23(20)33)7-6-15-10-17(24(4,27)28)8-9-21(15)25(29,30)31/h8-12,14,34H,5-7,33H2,1-4H3/b22-19+. The van der Waals surface area contributed by atoms with E-state index in [2.05, 4.69) is 5.32 Å². The molecule has 0 saturated heterocycles. The maximum Gasteiger partial charge on any atom is 0.416 e. The van der Waals surface area contributed by atoms with Gasteiger partial charge in [-0.2, -0.15) is 18.4 Å². The lowest BCUT2D eigenvalue weighted by molar-refractivity contribution is -0.138. The molecule has 0 aliphatic heterocycles. The fraction of sp³-hybridized carbons (Fsp3) is 0.400. The second-order valence-electron chi connectivity index (χ2n) is 8.40. The molecule has 0 aromatic heterocycles. The third-order valence-corrected chi connectivity index (χ3v) is 5.34. The van der Waals surface area contributed by atoms with Crippen molar-refractivity contribution < 1.29 is 26.3 Å². The quantitative estimate of drug-likeness (QED) is 0.242. The average molecular weight is 484 g/mol. The van der Waals surface area contributed by atoms with Crippen molar-refractivity contribution in [2.45, 2.75) is 65.1 Å². The number of hydrogen-bond acceptors (Lipinski definition) is 3. The number of anilines is 1. The summed E-state index contributed by atoms with van der Waals surface area (Å²) in [5.74, 6) is -3.99. The molecule has 0 aliphatic carbocycles. The highest BCUT2D eigenvalue weighted by Crippen LogP contribution is 2.37. The van der Waals surface area contributed by atoms with Crippen LogP contribution in [0.25, 0.3) is 5.57 Å². The van der Waals surface area contributed by atoms with Gasteiger partial charge in [-0.05, 0) is 74.1 Å². The first-order valence-electron chi connectivity index (χ1n) is 10.8. The van der Waals surface area contributed by atoms with Gasteiger partial charge in [0, 0.05) is 29.8 Å². The smallest absolute Gasteiger partial charge is 0.398 e. The van der Waals surface area contributed by atoms with Gasteiger partial charge in [0.25, 0.3) is 5.92 Å². The van der Waals surface area contributed by atoms with E-state index < -0.39 is 29.0 Å². The van der Waals surface area contributed by atoms with E-state index in [1.165, 1.54) is 6.07 Å². The van der Waals surface area contributed by atoms with Crippen LogP contribution in [0.15, 0.2) is 36.0 Å². The lowest BCUT2D eigenvalue weighted by Gasteiger charge is -2.19. The van der Waals surface area contributed by atoms with E-state index in [9.17, 15) is 31.6 Å². The zero-order valence-electron chi connectivity index (χ0n) is 19.4. The van der Waals surface area contributed by atoms with Gasteiger partial charge in [0.1, 0.15) is 17.6 Å². The molecule has 2 aromatic carbocycles. The monoisotopic (exact) mass is 483 g/mol. The first-order valence-corrected chi connectivity index (χ1v) is 10.8. The fourth-order valence-corrected chi connectivity index (χ4v) is 3.73. The predicted molar refractivity (Wildman–Crippen MR) is 120 cm³/mol. The Balaban J connectivity index is 2.54. The van der Waals surface area contributed by atoms with Crippen molar-refractivity contribution in [3.05, 3.63) is 69.7 Å². The molecule has 0 spiro atoms. The van der Waals surface area contributed by atoms with Crippen LogP contribution in [0.5, 0.6) is 0 Å². The lowest BCUT2D eigenvalue weighted by atomic mass is 9.92. The van der Waals surface area contributed by atoms with Crippen LogP contribution < -0.4 is 11.1 Å². The number of nitriles is 1. The Hall–Kier alpha value is -3.15. The molecule has 0 amide bonds. The molecule has 0 heterocycles. The lowest BCUT2D eigenvalue weighted by Crippen LogP contribution is -2.22. The minimum atomic E-state index is -4.74. The summed E-state index contributed by atoms with van der Waals surface area (Å²) >= 11 is 0. The molecule has 0 aliphatic rings. The summed E-state index contributed by atoms with van der Waals surface area (Å²) in [4.78, 5) is 0. The summed E-state index contributed by atoms with van der Waals surface area (Å²) in [7, 11) is 0. The first kappa shape index (κ1) is 27.1. The summed E-state index contributed by atoms with van der Waals surface area (Å²) in [5, 5.41) is 12.5. The first-order chi connectivity index (χ1) is 15.7. The largest absolute Gasteiger partial charge is 0.416 e. The molecule has 34 heavy (non-hydrogen) atoms. The fourth-order valence-electron chi connectivity index (χ4n) is 3.73. The van der Waals surface area contributed by atoms with Gasteiger partial charge in [-0.1, -0.05) is 13.0 Å². The Morgan fingerprint density at radius 3 is 2.18 bits per heavy atom. The second-order valence-corrected chi connectivity index (χ2v) is 8.40. The Kier molecular flexibility index (Phi) is 8.30. The summed E-state index contributed by atoms with van der Waals surface area (Å²) in [6.07, 6.45) is -4.79. The van der Waals surface area contributed by atoms with E-state index in [0.717, 1.165) is 18.2 Å². The van der Waals surface area contributed by atoms with Crippen molar-refractivity contribution in [2.75, 3.05) is 5.73 Å². The highest BCUT2D eigenvalue weighted by Gasteiger charge is 2.35. The van der Waals surface area contributed by atoms with Gasteiger partial charge in [0.15, 0.2) is 0 Å². The van der Waals surface area contributed by atoms with Crippen molar-refractivity contribution >= 4 is 11.3 Å². The van der Waals surface area contributed by atoms with E-state index >= 15 is 0 Å². The number of allylic oxidation sites excluding steroid dienone is 2. The Morgan fingerprint density at radius 2 is 1.68 bits per heavy atom. The predicted octanol–water partition coefficient (Wildman–Crippen LogP) is 6.97. The molecule has 2 aromatic rings. The number of benzene rings is 2. The van der Waals surface area contributed by atoms with Crippen LogP contribution in [0, 0.1) is 17.1 Å². The molecule has 0 radical (unpaired) electrons. The molecule has 0 bridgehead atoms. The van der Waals surface area contributed by atoms with Gasteiger partial charge in [-0.3, -0.25) is 0 Å². The number of nitrogens with one attached hydrogen (secondary N) is 1. The van der Waals surface area contributed by atoms with Crippen LogP contribution in [0.2, 0.25) is 0 Å². The third kappa shape index (κ3) is 6.46. The Bertz CT molecular complexity index is 1110. The van der Waals surface area contributed by atoms with Crippen molar-refractivity contribution in [1.82, 2.24) is 5.32 Å². The molecule has 184 valence electrons. The normalized spacial score (nSPS) is 13.0. The molecular weight excluding hydrogens is 456 g/mol. The number of hydrogen-bond donors (Lipinski definition) is 2. The topological polar surface area (TPSA) is 61.8 Å². The minimum absolute atomic E-state index is 0.0739. The number of rotatable bonds is 8. The van der Waals surface area contributed by atoms with E-state index in [1.807, 2.05) is 19.9 Å². The van der Waals surface area contributed by atoms with Crippen LogP contribution in [0.1, 0.15) is 61.9 Å². The molecular formula is C25H27F6N3. The number of nitrogen functional groups attached to an aromatic ring is 1. The summed E-state index contributed by atoms with van der Waals surface area (Å²) < 4.78 is 82.4. The summed E-state index contributed by atoms with van der Waals surface area (Å²) in [5.41, 5.74) is 5.67. The van der Waals surface area contributed by atoms with Crippen molar-refractivity contribution in [2.24, 2.45) is 0 Å². The van der Waals surface area contributed by atoms with E-state index in [0.29, 0.717) is 25.0 Å². The molecule has 0 unspecified atom stereocenters. The van der Waals surface area contributed by atoms with Gasteiger partial charge in [-0.25, -0.2) is 13.2 Å². The van der Waals surface area contributed by atoms with Crippen LogP contribution in [0.4, 0.5) is 32.0 Å². The minimum Gasteiger partial charge on any atom is -0.398 e. The molecule has 2 rings (SSSR count). The number of nitrogens with two attached hydrogens (primary N) is 1. The summed E-state index contributed by atoms with van der Waals surface area (Å²) in [6.45, 7) is 6.03. The van der Waals surface area contributed by atoms with Crippen molar-refractivity contribution in [1.29, 1.82) is 5.26 Å². The highest BCUT2D eigenvalue weighted by atomic mass is 19.4. The molecule has 3 nitrogen and oxygen atoms in total.